The number of rotatable bonds is 3. The molecule has 0 aliphatic rings. The van der Waals surface area contributed by atoms with Crippen LogP contribution < -0.4 is 4.74 Å². The van der Waals surface area contributed by atoms with Crippen molar-refractivity contribution in [1.29, 1.82) is 0 Å². The molecule has 0 aliphatic carbocycles. The average Bonchev–Trinajstić information content (AvgIpc) is 2.17. The molecular weight excluding hydrogens is 263 g/mol. The van der Waals surface area contributed by atoms with Gasteiger partial charge in [0.25, 0.3) is 0 Å². The van der Waals surface area contributed by atoms with Crippen LogP contribution in [-0.4, -0.2) is 11.5 Å². The lowest BCUT2D eigenvalue weighted by Gasteiger charge is -2.08. The van der Waals surface area contributed by atoms with E-state index in [2.05, 4.69) is 41.6 Å². The highest BCUT2D eigenvalue weighted by Gasteiger charge is 2.02. The molecular formula is C10H13IO. The second-order valence-corrected chi connectivity index (χ2v) is 3.71. The number of hydrogen-bond donors (Lipinski definition) is 0. The number of benzene rings is 1. The van der Waals surface area contributed by atoms with Gasteiger partial charge >= 0.3 is 0 Å². The summed E-state index contributed by atoms with van der Waals surface area (Å²) in [6, 6.07) is 8.28. The Bertz CT molecular complexity index is 230. The molecule has 0 aromatic heterocycles. The van der Waals surface area contributed by atoms with Crippen LogP contribution in [0.5, 0.6) is 5.75 Å². The molecule has 0 fully saturated rings. The van der Waals surface area contributed by atoms with Crippen molar-refractivity contribution >= 4 is 22.6 Å². The maximum atomic E-state index is 5.08. The van der Waals surface area contributed by atoms with Crippen LogP contribution >= 0.6 is 22.6 Å². The zero-order valence-electron chi connectivity index (χ0n) is 7.38. The van der Waals surface area contributed by atoms with E-state index in [1.807, 2.05) is 12.1 Å². The fourth-order valence-electron chi connectivity index (χ4n) is 1.02. The third-order valence-corrected chi connectivity index (χ3v) is 3.24. The van der Waals surface area contributed by atoms with Crippen molar-refractivity contribution in [2.45, 2.75) is 12.8 Å². The van der Waals surface area contributed by atoms with Gasteiger partial charge in [0.15, 0.2) is 0 Å². The summed E-state index contributed by atoms with van der Waals surface area (Å²) in [6.07, 6.45) is 0. The molecule has 1 aromatic rings. The van der Waals surface area contributed by atoms with E-state index in [-0.39, 0.29) is 0 Å². The lowest BCUT2D eigenvalue weighted by atomic mass is 10.0. The summed E-state index contributed by atoms with van der Waals surface area (Å²) in [5, 5.41) is 0. The van der Waals surface area contributed by atoms with E-state index in [4.69, 9.17) is 4.74 Å². The molecule has 0 spiro atoms. The molecule has 0 saturated heterocycles. The van der Waals surface area contributed by atoms with Crippen molar-refractivity contribution in [3.63, 3.8) is 0 Å². The van der Waals surface area contributed by atoms with Crippen LogP contribution in [0.3, 0.4) is 0 Å². The third-order valence-electron chi connectivity index (χ3n) is 1.92. The van der Waals surface area contributed by atoms with E-state index in [0.717, 1.165) is 10.2 Å². The summed E-state index contributed by atoms with van der Waals surface area (Å²) in [5.41, 5.74) is 1.38. The Morgan fingerprint density at radius 3 is 2.33 bits per heavy atom. The Morgan fingerprint density at radius 2 is 1.92 bits per heavy atom. The molecule has 2 heteroatoms. The van der Waals surface area contributed by atoms with Gasteiger partial charge in [-0.3, -0.25) is 0 Å². The fourth-order valence-corrected chi connectivity index (χ4v) is 1.53. The predicted octanol–water partition coefficient (Wildman–Crippen LogP) is 3.23. The van der Waals surface area contributed by atoms with Gasteiger partial charge in [-0.05, 0) is 23.6 Å². The number of alkyl halides is 1. The summed E-state index contributed by atoms with van der Waals surface area (Å²) in [5.74, 6) is 1.57. The van der Waals surface area contributed by atoms with Gasteiger partial charge in [0.2, 0.25) is 0 Å². The van der Waals surface area contributed by atoms with E-state index < -0.39 is 0 Å². The minimum atomic E-state index is 0.636. The largest absolute Gasteiger partial charge is 0.497 e. The van der Waals surface area contributed by atoms with E-state index in [1.54, 1.807) is 7.11 Å². The number of methoxy groups -OCH3 is 1. The van der Waals surface area contributed by atoms with Crippen molar-refractivity contribution in [3.05, 3.63) is 29.8 Å². The molecule has 0 bridgehead atoms. The lowest BCUT2D eigenvalue weighted by Crippen LogP contribution is -1.93. The van der Waals surface area contributed by atoms with Crippen LogP contribution in [0.2, 0.25) is 0 Å². The first-order chi connectivity index (χ1) is 5.77. The van der Waals surface area contributed by atoms with Gasteiger partial charge in [-0.15, -0.1) is 0 Å². The van der Waals surface area contributed by atoms with Crippen LogP contribution in [0.4, 0.5) is 0 Å². The Kier molecular flexibility index (Phi) is 3.85. The molecule has 0 aliphatic heterocycles. The quantitative estimate of drug-likeness (QED) is 0.608. The zero-order valence-corrected chi connectivity index (χ0v) is 9.54. The van der Waals surface area contributed by atoms with Crippen molar-refractivity contribution in [1.82, 2.24) is 0 Å². The van der Waals surface area contributed by atoms with Crippen LogP contribution in [0.25, 0.3) is 0 Å². The van der Waals surface area contributed by atoms with Crippen LogP contribution in [0.15, 0.2) is 24.3 Å². The molecule has 0 amide bonds. The Hall–Kier alpha value is -0.250. The standard InChI is InChI=1S/C10H13IO/c1-8(7-11)9-3-5-10(12-2)6-4-9/h3-6,8H,7H2,1-2H3. The van der Waals surface area contributed by atoms with Gasteiger partial charge in [0.1, 0.15) is 5.75 Å². The molecule has 1 aromatic carbocycles. The molecule has 0 radical (unpaired) electrons. The normalized spacial score (nSPS) is 12.6. The van der Waals surface area contributed by atoms with E-state index in [9.17, 15) is 0 Å². The lowest BCUT2D eigenvalue weighted by molar-refractivity contribution is 0.414. The molecule has 66 valence electrons. The Morgan fingerprint density at radius 1 is 1.33 bits per heavy atom. The number of hydrogen-bond acceptors (Lipinski definition) is 1. The van der Waals surface area contributed by atoms with Crippen molar-refractivity contribution in [3.8, 4) is 5.75 Å². The summed E-state index contributed by atoms with van der Waals surface area (Å²) >= 11 is 2.40. The summed E-state index contributed by atoms with van der Waals surface area (Å²) in [6.45, 7) is 2.23. The first-order valence-electron chi connectivity index (χ1n) is 3.98. The molecule has 0 saturated carbocycles. The van der Waals surface area contributed by atoms with E-state index >= 15 is 0 Å². The van der Waals surface area contributed by atoms with Gasteiger partial charge in [0, 0.05) is 4.43 Å². The first kappa shape index (κ1) is 9.84. The summed E-state index contributed by atoms with van der Waals surface area (Å²) < 4.78 is 6.24. The van der Waals surface area contributed by atoms with Gasteiger partial charge in [0.05, 0.1) is 7.11 Å². The van der Waals surface area contributed by atoms with E-state index in [1.165, 1.54) is 5.56 Å². The molecule has 1 atom stereocenters. The van der Waals surface area contributed by atoms with Crippen LogP contribution in [0, 0.1) is 0 Å². The van der Waals surface area contributed by atoms with Crippen LogP contribution in [0.1, 0.15) is 18.4 Å². The topological polar surface area (TPSA) is 9.23 Å². The van der Waals surface area contributed by atoms with Gasteiger partial charge in [-0.25, -0.2) is 0 Å². The van der Waals surface area contributed by atoms with Gasteiger partial charge in [-0.1, -0.05) is 41.6 Å². The van der Waals surface area contributed by atoms with Gasteiger partial charge in [-0.2, -0.15) is 0 Å². The highest BCUT2D eigenvalue weighted by molar-refractivity contribution is 14.1. The summed E-state index contributed by atoms with van der Waals surface area (Å²) in [7, 11) is 1.69. The van der Waals surface area contributed by atoms with Crippen LogP contribution in [-0.2, 0) is 0 Å². The van der Waals surface area contributed by atoms with Gasteiger partial charge < -0.3 is 4.74 Å². The molecule has 1 rings (SSSR count). The number of ether oxygens (including phenoxy) is 1. The Balaban J connectivity index is 2.77. The molecule has 1 unspecified atom stereocenters. The monoisotopic (exact) mass is 276 g/mol. The minimum absolute atomic E-state index is 0.636. The molecule has 0 heterocycles. The second-order valence-electron chi connectivity index (χ2n) is 2.83. The highest BCUT2D eigenvalue weighted by Crippen LogP contribution is 2.20. The predicted molar refractivity (Wildman–Crippen MR) is 60.3 cm³/mol. The minimum Gasteiger partial charge on any atom is -0.497 e. The number of halogens is 1. The Labute approximate surface area is 87.3 Å². The fraction of sp³-hybridized carbons (Fsp3) is 0.400. The van der Waals surface area contributed by atoms with E-state index in [0.29, 0.717) is 5.92 Å². The maximum absolute atomic E-state index is 5.08. The maximum Gasteiger partial charge on any atom is 0.118 e. The zero-order chi connectivity index (χ0) is 8.97. The van der Waals surface area contributed by atoms with Crippen molar-refractivity contribution < 1.29 is 4.74 Å². The first-order valence-corrected chi connectivity index (χ1v) is 5.50. The SMILES string of the molecule is COc1ccc(C(C)CI)cc1. The van der Waals surface area contributed by atoms with Crippen molar-refractivity contribution in [2.24, 2.45) is 0 Å². The average molecular weight is 276 g/mol. The molecule has 0 N–H and O–H groups in total. The molecule has 12 heavy (non-hydrogen) atoms. The highest BCUT2D eigenvalue weighted by atomic mass is 127. The second kappa shape index (κ2) is 4.70. The summed E-state index contributed by atoms with van der Waals surface area (Å²) in [4.78, 5) is 0. The third kappa shape index (κ3) is 2.37. The van der Waals surface area contributed by atoms with Crippen molar-refractivity contribution in [2.75, 3.05) is 11.5 Å². The molecule has 1 nitrogen and oxygen atoms in total. The smallest absolute Gasteiger partial charge is 0.118 e.